The van der Waals surface area contributed by atoms with Gasteiger partial charge in [-0.1, -0.05) is 17.7 Å². The highest BCUT2D eigenvalue weighted by molar-refractivity contribution is 9.10. The lowest BCUT2D eigenvalue weighted by atomic mass is 10.2. The van der Waals surface area contributed by atoms with E-state index in [0.29, 0.717) is 41.3 Å². The molecule has 0 radical (unpaired) electrons. The third kappa shape index (κ3) is 6.17. The highest BCUT2D eigenvalue weighted by atomic mass is 79.9. The minimum atomic E-state index is -0.189. The van der Waals surface area contributed by atoms with Crippen molar-refractivity contribution in [2.75, 3.05) is 33.4 Å². The van der Waals surface area contributed by atoms with Gasteiger partial charge < -0.3 is 19.1 Å². The second-order valence-electron chi connectivity index (χ2n) is 6.10. The number of hydrogen-bond acceptors (Lipinski definition) is 5. The van der Waals surface area contributed by atoms with Crippen molar-refractivity contribution in [3.8, 4) is 23.3 Å². The molecule has 0 aliphatic heterocycles. The van der Waals surface area contributed by atoms with Crippen LogP contribution in [0.5, 0.6) is 17.2 Å². The number of amides is 1. The summed E-state index contributed by atoms with van der Waals surface area (Å²) in [5, 5.41) is 9.07. The summed E-state index contributed by atoms with van der Waals surface area (Å²) in [6.07, 6.45) is 0. The van der Waals surface area contributed by atoms with Crippen LogP contribution in [0.3, 0.4) is 0 Å². The Morgan fingerprint density at radius 3 is 2.54 bits per heavy atom. The monoisotopic (exact) mass is 446 g/mol. The molecule has 0 aliphatic rings. The van der Waals surface area contributed by atoms with Crippen molar-refractivity contribution in [3.05, 3.63) is 52.0 Å². The van der Waals surface area contributed by atoms with Crippen LogP contribution >= 0.6 is 15.9 Å². The first-order valence-electron chi connectivity index (χ1n) is 8.87. The molecule has 148 valence electrons. The zero-order valence-electron chi connectivity index (χ0n) is 16.2. The Bertz CT molecular complexity index is 847. The molecule has 0 N–H and O–H groups in total. The van der Waals surface area contributed by atoms with Crippen molar-refractivity contribution in [1.29, 1.82) is 5.26 Å². The number of likely N-dealkylation sites (N-methyl/N-ethyl adjacent to an activating group) is 1. The van der Waals surface area contributed by atoms with Gasteiger partial charge in [-0.25, -0.2) is 0 Å². The Morgan fingerprint density at radius 1 is 1.18 bits per heavy atom. The predicted molar refractivity (Wildman–Crippen MR) is 110 cm³/mol. The molecule has 0 heterocycles. The molecule has 0 saturated heterocycles. The smallest absolute Gasteiger partial charge is 0.260 e. The summed E-state index contributed by atoms with van der Waals surface area (Å²) in [7, 11) is 1.70. The van der Waals surface area contributed by atoms with Crippen LogP contribution in [0.25, 0.3) is 0 Å². The molecule has 1 amide bonds. The van der Waals surface area contributed by atoms with Crippen molar-refractivity contribution in [3.63, 3.8) is 0 Å². The molecule has 7 heteroatoms. The summed E-state index contributed by atoms with van der Waals surface area (Å²) in [4.78, 5) is 13.9. The molecule has 0 aliphatic carbocycles. The molecule has 0 spiro atoms. The van der Waals surface area contributed by atoms with Crippen molar-refractivity contribution < 1.29 is 19.0 Å². The second-order valence-corrected chi connectivity index (χ2v) is 6.95. The molecular weight excluding hydrogens is 424 g/mol. The number of halogens is 1. The molecule has 0 aromatic heterocycles. The number of benzene rings is 2. The first-order valence-corrected chi connectivity index (χ1v) is 9.66. The number of carbonyl (C=O) groups excluding carboxylic acids is 1. The van der Waals surface area contributed by atoms with Gasteiger partial charge in [-0.05, 0) is 48.0 Å². The van der Waals surface area contributed by atoms with Gasteiger partial charge in [-0.2, -0.15) is 5.26 Å². The van der Waals surface area contributed by atoms with E-state index in [0.717, 1.165) is 11.3 Å². The molecule has 2 aromatic carbocycles. The average molecular weight is 447 g/mol. The number of carbonyl (C=O) groups is 1. The van der Waals surface area contributed by atoms with E-state index in [4.69, 9.17) is 19.5 Å². The molecule has 0 saturated carbocycles. The highest BCUT2D eigenvalue weighted by Gasteiger charge is 2.16. The lowest BCUT2D eigenvalue weighted by Gasteiger charge is -2.19. The minimum absolute atomic E-state index is 0.147. The van der Waals surface area contributed by atoms with Crippen LogP contribution < -0.4 is 14.2 Å². The number of aryl methyl sites for hydroxylation is 1. The van der Waals surface area contributed by atoms with E-state index >= 15 is 0 Å². The summed E-state index contributed by atoms with van der Waals surface area (Å²) < 4.78 is 17.4. The molecule has 0 bridgehead atoms. The summed E-state index contributed by atoms with van der Waals surface area (Å²) >= 11 is 3.37. The van der Waals surface area contributed by atoms with Gasteiger partial charge in [-0.3, -0.25) is 4.79 Å². The van der Waals surface area contributed by atoms with Crippen molar-refractivity contribution >= 4 is 21.8 Å². The van der Waals surface area contributed by atoms with Crippen molar-refractivity contribution in [2.45, 2.75) is 13.8 Å². The number of hydrogen-bond donors (Lipinski definition) is 0. The highest BCUT2D eigenvalue weighted by Crippen LogP contribution is 2.36. The summed E-state index contributed by atoms with van der Waals surface area (Å²) in [5.41, 5.74) is 1.61. The van der Waals surface area contributed by atoms with Gasteiger partial charge in [0.1, 0.15) is 12.4 Å². The Balaban J connectivity index is 1.88. The third-order valence-electron chi connectivity index (χ3n) is 3.92. The first-order chi connectivity index (χ1) is 13.4. The van der Waals surface area contributed by atoms with E-state index in [1.807, 2.05) is 38.1 Å². The third-order valence-corrected chi connectivity index (χ3v) is 4.51. The van der Waals surface area contributed by atoms with Crippen LogP contribution in [0.15, 0.2) is 40.9 Å². The van der Waals surface area contributed by atoms with Crippen LogP contribution in [0.4, 0.5) is 0 Å². The number of nitrogens with zero attached hydrogens (tertiary/aromatic N) is 2. The van der Waals surface area contributed by atoms with Crippen LogP contribution in [-0.2, 0) is 4.79 Å². The molecule has 2 rings (SSSR count). The number of ether oxygens (including phenoxy) is 3. The quantitative estimate of drug-likeness (QED) is 0.582. The van der Waals surface area contributed by atoms with Crippen molar-refractivity contribution in [2.24, 2.45) is 0 Å². The van der Waals surface area contributed by atoms with Gasteiger partial charge in [0, 0.05) is 13.1 Å². The van der Waals surface area contributed by atoms with Crippen LogP contribution in [-0.4, -0.2) is 44.2 Å². The predicted octanol–water partition coefficient (Wildman–Crippen LogP) is 3.94. The summed E-state index contributed by atoms with van der Waals surface area (Å²) in [5.74, 6) is 1.40. The van der Waals surface area contributed by atoms with Gasteiger partial charge in [0.05, 0.1) is 29.3 Å². The normalized spacial score (nSPS) is 10.1. The zero-order valence-corrected chi connectivity index (χ0v) is 17.8. The number of nitriles is 1. The Morgan fingerprint density at radius 2 is 1.89 bits per heavy atom. The van der Waals surface area contributed by atoms with E-state index in [2.05, 4.69) is 22.0 Å². The Kier molecular flexibility index (Phi) is 8.15. The zero-order chi connectivity index (χ0) is 20.5. The first kappa shape index (κ1) is 21.6. The Hall–Kier alpha value is -2.72. The van der Waals surface area contributed by atoms with Gasteiger partial charge >= 0.3 is 0 Å². The minimum Gasteiger partial charge on any atom is -0.492 e. The molecule has 6 nitrogen and oxygen atoms in total. The molecule has 0 fully saturated rings. The molecule has 28 heavy (non-hydrogen) atoms. The van der Waals surface area contributed by atoms with Gasteiger partial charge in [0.15, 0.2) is 18.1 Å². The largest absolute Gasteiger partial charge is 0.492 e. The van der Waals surface area contributed by atoms with E-state index in [-0.39, 0.29) is 12.5 Å². The maximum absolute atomic E-state index is 12.3. The average Bonchev–Trinajstić information content (AvgIpc) is 2.68. The van der Waals surface area contributed by atoms with Gasteiger partial charge in [0.25, 0.3) is 5.91 Å². The fourth-order valence-electron chi connectivity index (χ4n) is 2.34. The van der Waals surface area contributed by atoms with E-state index in [1.54, 1.807) is 24.1 Å². The SMILES string of the molecule is CCOc1cc(C#N)cc(Br)c1OCC(=O)N(C)CCOc1ccc(C)cc1. The topological polar surface area (TPSA) is 71.8 Å². The fraction of sp³-hybridized carbons (Fsp3) is 0.333. The summed E-state index contributed by atoms with van der Waals surface area (Å²) in [6, 6.07) is 13.0. The molecule has 2 aromatic rings. The van der Waals surface area contributed by atoms with Crippen LogP contribution in [0.2, 0.25) is 0 Å². The van der Waals surface area contributed by atoms with E-state index < -0.39 is 0 Å². The Labute approximate surface area is 173 Å². The number of rotatable bonds is 9. The lowest BCUT2D eigenvalue weighted by molar-refractivity contribution is -0.132. The molecule has 0 atom stereocenters. The van der Waals surface area contributed by atoms with Crippen LogP contribution in [0.1, 0.15) is 18.1 Å². The second kappa shape index (κ2) is 10.6. The van der Waals surface area contributed by atoms with Gasteiger partial charge in [-0.15, -0.1) is 0 Å². The van der Waals surface area contributed by atoms with Crippen molar-refractivity contribution in [1.82, 2.24) is 4.90 Å². The maximum atomic E-state index is 12.3. The maximum Gasteiger partial charge on any atom is 0.260 e. The van der Waals surface area contributed by atoms with Crippen LogP contribution in [0, 0.1) is 18.3 Å². The molecule has 0 unspecified atom stereocenters. The van der Waals surface area contributed by atoms with E-state index in [9.17, 15) is 4.79 Å². The summed E-state index contributed by atoms with van der Waals surface area (Å²) in [6.45, 7) is 4.94. The fourth-order valence-corrected chi connectivity index (χ4v) is 2.90. The lowest BCUT2D eigenvalue weighted by Crippen LogP contribution is -2.34. The van der Waals surface area contributed by atoms with Gasteiger partial charge in [0.2, 0.25) is 0 Å². The van der Waals surface area contributed by atoms with E-state index in [1.165, 1.54) is 0 Å². The molecular formula is C21H23BrN2O4. The standard InChI is InChI=1S/C21H23BrN2O4/c1-4-26-19-12-16(13-23)11-18(22)21(19)28-14-20(25)24(3)9-10-27-17-7-5-15(2)6-8-17/h5-8,11-12H,4,9-10,14H2,1-3H3.